The fourth-order valence-electron chi connectivity index (χ4n) is 4.19. The number of fused-ring (bicyclic) bond motifs is 1. The molecular formula is C24H27NO. The molecule has 134 valence electrons. The predicted molar refractivity (Wildman–Crippen MR) is 109 cm³/mol. The third kappa shape index (κ3) is 3.76. The van der Waals surface area contributed by atoms with Crippen molar-refractivity contribution in [1.29, 1.82) is 0 Å². The molecule has 0 amide bonds. The molecule has 26 heavy (non-hydrogen) atoms. The Hall–Kier alpha value is -2.32. The van der Waals surface area contributed by atoms with Crippen molar-refractivity contribution in [3.63, 3.8) is 0 Å². The maximum absolute atomic E-state index is 5.67. The van der Waals surface area contributed by atoms with Crippen LogP contribution < -0.4 is 4.74 Å². The van der Waals surface area contributed by atoms with E-state index < -0.39 is 0 Å². The Morgan fingerprint density at radius 2 is 1.62 bits per heavy atom. The topological polar surface area (TPSA) is 12.5 Å². The van der Waals surface area contributed by atoms with Gasteiger partial charge in [-0.1, -0.05) is 60.7 Å². The van der Waals surface area contributed by atoms with E-state index in [0.717, 1.165) is 18.2 Å². The van der Waals surface area contributed by atoms with Crippen molar-refractivity contribution in [3.8, 4) is 5.75 Å². The number of ether oxygens (including phenoxy) is 1. The van der Waals surface area contributed by atoms with E-state index in [1.807, 2.05) is 0 Å². The first kappa shape index (κ1) is 17.1. The largest absolute Gasteiger partial charge is 0.496 e. The van der Waals surface area contributed by atoms with Crippen LogP contribution in [0.25, 0.3) is 10.8 Å². The van der Waals surface area contributed by atoms with Crippen LogP contribution in [-0.4, -0.2) is 25.1 Å². The minimum absolute atomic E-state index is 0.808. The summed E-state index contributed by atoms with van der Waals surface area (Å²) in [5.74, 6) is 1.82. The monoisotopic (exact) mass is 345 g/mol. The van der Waals surface area contributed by atoms with Crippen LogP contribution in [0.4, 0.5) is 0 Å². The fourth-order valence-corrected chi connectivity index (χ4v) is 4.19. The summed E-state index contributed by atoms with van der Waals surface area (Å²) in [6.07, 6.45) is 3.77. The first-order valence-corrected chi connectivity index (χ1v) is 9.64. The zero-order valence-corrected chi connectivity index (χ0v) is 15.5. The van der Waals surface area contributed by atoms with E-state index in [9.17, 15) is 0 Å². The van der Waals surface area contributed by atoms with E-state index in [4.69, 9.17) is 4.74 Å². The molecule has 0 spiro atoms. The van der Waals surface area contributed by atoms with Gasteiger partial charge >= 0.3 is 0 Å². The number of likely N-dealkylation sites (tertiary alicyclic amines) is 1. The van der Waals surface area contributed by atoms with Gasteiger partial charge < -0.3 is 4.74 Å². The highest BCUT2D eigenvalue weighted by Gasteiger charge is 2.21. The van der Waals surface area contributed by atoms with Crippen LogP contribution in [0.15, 0.2) is 66.7 Å². The summed E-state index contributed by atoms with van der Waals surface area (Å²) >= 11 is 0. The molecule has 1 heterocycles. The SMILES string of the molecule is COc1ccc2ccccc2c1CN1CCC(Cc2ccccc2)CC1. The number of methoxy groups -OCH3 is 1. The van der Waals surface area contributed by atoms with Crippen LogP contribution in [0.5, 0.6) is 5.75 Å². The molecule has 3 aromatic rings. The van der Waals surface area contributed by atoms with Gasteiger partial charge in [-0.15, -0.1) is 0 Å². The molecule has 0 aromatic heterocycles. The fraction of sp³-hybridized carbons (Fsp3) is 0.333. The molecule has 0 unspecified atom stereocenters. The van der Waals surface area contributed by atoms with Gasteiger partial charge in [-0.25, -0.2) is 0 Å². The van der Waals surface area contributed by atoms with E-state index in [2.05, 4.69) is 71.6 Å². The van der Waals surface area contributed by atoms with Gasteiger partial charge in [0.25, 0.3) is 0 Å². The average Bonchev–Trinajstić information content (AvgIpc) is 2.70. The van der Waals surface area contributed by atoms with Crippen molar-refractivity contribution in [2.75, 3.05) is 20.2 Å². The van der Waals surface area contributed by atoms with Crippen LogP contribution in [0, 0.1) is 5.92 Å². The second-order valence-corrected chi connectivity index (χ2v) is 7.38. The van der Waals surface area contributed by atoms with Gasteiger partial charge in [-0.2, -0.15) is 0 Å². The summed E-state index contributed by atoms with van der Waals surface area (Å²) in [6.45, 7) is 3.32. The van der Waals surface area contributed by atoms with Gasteiger partial charge in [0.05, 0.1) is 7.11 Å². The summed E-state index contributed by atoms with van der Waals surface area (Å²) in [4.78, 5) is 2.59. The van der Waals surface area contributed by atoms with E-state index in [0.29, 0.717) is 0 Å². The molecule has 1 saturated heterocycles. The maximum Gasteiger partial charge on any atom is 0.123 e. The number of hydrogen-bond acceptors (Lipinski definition) is 2. The first-order valence-electron chi connectivity index (χ1n) is 9.64. The van der Waals surface area contributed by atoms with Gasteiger partial charge in [-0.3, -0.25) is 4.90 Å². The summed E-state index contributed by atoms with van der Waals surface area (Å²) in [7, 11) is 1.78. The summed E-state index contributed by atoms with van der Waals surface area (Å²) in [6, 6.07) is 23.8. The standard InChI is InChI=1S/C24H27NO/c1-26-24-12-11-21-9-5-6-10-22(21)23(24)18-25-15-13-20(14-16-25)17-19-7-3-2-4-8-19/h2-12,20H,13-18H2,1H3. The highest BCUT2D eigenvalue weighted by atomic mass is 16.5. The predicted octanol–water partition coefficient (Wildman–Crippen LogP) is 5.30. The molecule has 2 heteroatoms. The number of rotatable bonds is 5. The lowest BCUT2D eigenvalue weighted by atomic mass is 9.90. The van der Waals surface area contributed by atoms with Crippen molar-refractivity contribution in [2.24, 2.45) is 5.92 Å². The number of piperidine rings is 1. The zero-order chi connectivity index (χ0) is 17.8. The molecule has 0 saturated carbocycles. The van der Waals surface area contributed by atoms with Crippen LogP contribution in [0.2, 0.25) is 0 Å². The summed E-state index contributed by atoms with van der Waals surface area (Å²) < 4.78 is 5.67. The Labute approximate surface area is 156 Å². The zero-order valence-electron chi connectivity index (χ0n) is 15.5. The lowest BCUT2D eigenvalue weighted by Crippen LogP contribution is -2.34. The quantitative estimate of drug-likeness (QED) is 0.622. The lowest BCUT2D eigenvalue weighted by molar-refractivity contribution is 0.176. The molecule has 3 aromatic carbocycles. The van der Waals surface area contributed by atoms with Crippen molar-refractivity contribution in [3.05, 3.63) is 77.9 Å². The number of hydrogen-bond donors (Lipinski definition) is 0. The molecule has 0 N–H and O–H groups in total. The summed E-state index contributed by atoms with van der Waals surface area (Å²) in [5.41, 5.74) is 2.80. The normalized spacial score (nSPS) is 16.0. The Morgan fingerprint density at radius 3 is 2.38 bits per heavy atom. The van der Waals surface area contributed by atoms with Crippen molar-refractivity contribution in [1.82, 2.24) is 4.90 Å². The molecular weight excluding hydrogens is 318 g/mol. The molecule has 0 bridgehead atoms. The van der Waals surface area contributed by atoms with Gasteiger partial charge in [-0.05, 0) is 60.7 Å². The maximum atomic E-state index is 5.67. The molecule has 0 radical (unpaired) electrons. The van der Waals surface area contributed by atoms with Gasteiger partial charge in [0, 0.05) is 12.1 Å². The summed E-state index contributed by atoms with van der Waals surface area (Å²) in [5, 5.41) is 2.61. The number of nitrogens with zero attached hydrogens (tertiary/aromatic N) is 1. The third-order valence-corrected chi connectivity index (χ3v) is 5.67. The van der Waals surface area contributed by atoms with Gasteiger partial charge in [0.2, 0.25) is 0 Å². The molecule has 1 aliphatic heterocycles. The van der Waals surface area contributed by atoms with Crippen molar-refractivity contribution >= 4 is 10.8 Å². The molecule has 1 fully saturated rings. The van der Waals surface area contributed by atoms with E-state index in [1.54, 1.807) is 7.11 Å². The van der Waals surface area contributed by atoms with E-state index >= 15 is 0 Å². The highest BCUT2D eigenvalue weighted by Crippen LogP contribution is 2.31. The van der Waals surface area contributed by atoms with E-state index in [1.165, 1.54) is 54.3 Å². The van der Waals surface area contributed by atoms with Crippen LogP contribution in [0.3, 0.4) is 0 Å². The smallest absolute Gasteiger partial charge is 0.123 e. The van der Waals surface area contributed by atoms with Crippen LogP contribution in [-0.2, 0) is 13.0 Å². The van der Waals surface area contributed by atoms with Gasteiger partial charge in [0.1, 0.15) is 5.75 Å². The second-order valence-electron chi connectivity index (χ2n) is 7.38. The van der Waals surface area contributed by atoms with Crippen molar-refractivity contribution < 1.29 is 4.74 Å². The van der Waals surface area contributed by atoms with E-state index in [-0.39, 0.29) is 0 Å². The highest BCUT2D eigenvalue weighted by molar-refractivity contribution is 5.87. The minimum atomic E-state index is 0.808. The first-order chi connectivity index (χ1) is 12.8. The Morgan fingerprint density at radius 1 is 0.885 bits per heavy atom. The van der Waals surface area contributed by atoms with Crippen LogP contribution >= 0.6 is 0 Å². The number of benzene rings is 3. The molecule has 0 aliphatic carbocycles. The molecule has 1 aliphatic rings. The second kappa shape index (κ2) is 7.92. The third-order valence-electron chi connectivity index (χ3n) is 5.67. The van der Waals surface area contributed by atoms with Crippen LogP contribution in [0.1, 0.15) is 24.0 Å². The lowest BCUT2D eigenvalue weighted by Gasteiger charge is -2.32. The van der Waals surface area contributed by atoms with Crippen molar-refractivity contribution in [2.45, 2.75) is 25.8 Å². The van der Waals surface area contributed by atoms with Gasteiger partial charge in [0.15, 0.2) is 0 Å². The molecule has 0 atom stereocenters. The Balaban J connectivity index is 1.44. The molecule has 4 rings (SSSR count). The Kier molecular flexibility index (Phi) is 5.21. The average molecular weight is 345 g/mol. The Bertz CT molecular complexity index is 850. The molecule has 2 nitrogen and oxygen atoms in total. The minimum Gasteiger partial charge on any atom is -0.496 e.